The van der Waals surface area contributed by atoms with Crippen LogP contribution in [0.15, 0.2) is 0 Å². The quantitative estimate of drug-likeness (QED) is 0.253. The van der Waals surface area contributed by atoms with E-state index in [9.17, 15) is 0 Å². The molecule has 0 unspecified atom stereocenters. The van der Waals surface area contributed by atoms with Crippen LogP contribution in [0.3, 0.4) is 0 Å². The van der Waals surface area contributed by atoms with E-state index in [1.807, 2.05) is 0 Å². The molecule has 81 valence electrons. The smallest absolute Gasteiger partial charge is 0.394 e. The van der Waals surface area contributed by atoms with E-state index in [1.54, 1.807) is 0 Å². The van der Waals surface area contributed by atoms with Crippen LogP contribution < -0.4 is 0 Å². The second-order valence-electron chi connectivity index (χ2n) is 0.896. The van der Waals surface area contributed by atoms with E-state index in [4.69, 9.17) is 35.0 Å². The van der Waals surface area contributed by atoms with E-state index in [2.05, 4.69) is 0 Å². The maximum Gasteiger partial charge on any atom is 0.394 e. The molecule has 0 amide bonds. The fourth-order valence-electron chi connectivity index (χ4n) is 0. The van der Waals surface area contributed by atoms with Crippen LogP contribution >= 0.6 is 0 Å². The Bertz CT molecular complexity index is 209. The molecule has 0 rings (SSSR count). The molecule has 0 aromatic rings. The standard InChI is InChI=1S/Na.2H2O4S.2H2O/c;2*1-5(2,3)4;;/h;2*(H2,1,2,3,4);2*1H2. The van der Waals surface area contributed by atoms with Crippen molar-refractivity contribution in [3.8, 4) is 0 Å². The SMILES string of the molecule is O.O.O=S(=O)(O)O.O=S(=O)(O)O.[Na]. The summed E-state index contributed by atoms with van der Waals surface area (Å²) < 4.78 is 63.2. The van der Waals surface area contributed by atoms with E-state index in [-0.39, 0.29) is 40.5 Å². The molecule has 13 heavy (non-hydrogen) atoms. The first-order chi connectivity index (χ1) is 4.00. The van der Waals surface area contributed by atoms with Crippen LogP contribution in [0.4, 0.5) is 0 Å². The minimum absolute atomic E-state index is 0. The Hall–Kier alpha value is 0.660. The molecular weight excluding hydrogens is 247 g/mol. The van der Waals surface area contributed by atoms with Gasteiger partial charge in [-0.15, -0.1) is 0 Å². The van der Waals surface area contributed by atoms with Gasteiger partial charge in [0.2, 0.25) is 0 Å². The molecule has 0 aliphatic rings. The average molecular weight is 255 g/mol. The molecule has 0 heterocycles. The van der Waals surface area contributed by atoms with Crippen molar-refractivity contribution in [2.45, 2.75) is 0 Å². The van der Waals surface area contributed by atoms with Crippen LogP contribution in [0.5, 0.6) is 0 Å². The number of hydrogen-bond acceptors (Lipinski definition) is 4. The summed E-state index contributed by atoms with van der Waals surface area (Å²) in [6.45, 7) is 0. The van der Waals surface area contributed by atoms with Crippen molar-refractivity contribution < 1.29 is 46.0 Å². The fraction of sp³-hybridized carbons (Fsp3) is 0. The molecule has 10 nitrogen and oxygen atoms in total. The molecule has 0 aliphatic heterocycles. The van der Waals surface area contributed by atoms with Gasteiger partial charge in [0.25, 0.3) is 0 Å². The predicted octanol–water partition coefficient (Wildman–Crippen LogP) is -3.34. The summed E-state index contributed by atoms with van der Waals surface area (Å²) in [5.74, 6) is 0. The zero-order valence-corrected chi connectivity index (χ0v) is 9.87. The summed E-state index contributed by atoms with van der Waals surface area (Å²) in [4.78, 5) is 0. The van der Waals surface area contributed by atoms with E-state index < -0.39 is 20.8 Å². The topological polar surface area (TPSA) is 212 Å². The van der Waals surface area contributed by atoms with Crippen molar-refractivity contribution in [3.63, 3.8) is 0 Å². The summed E-state index contributed by atoms with van der Waals surface area (Å²) in [6.07, 6.45) is 0. The Morgan fingerprint density at radius 2 is 0.615 bits per heavy atom. The van der Waals surface area contributed by atoms with Crippen LogP contribution in [-0.4, -0.2) is 75.6 Å². The minimum atomic E-state index is -4.67. The summed E-state index contributed by atoms with van der Waals surface area (Å²) in [6, 6.07) is 0. The van der Waals surface area contributed by atoms with Gasteiger partial charge in [0.1, 0.15) is 0 Å². The Labute approximate surface area is 96.0 Å². The molecule has 0 fully saturated rings. The monoisotopic (exact) mass is 255 g/mol. The van der Waals surface area contributed by atoms with E-state index in [0.717, 1.165) is 0 Å². The van der Waals surface area contributed by atoms with Gasteiger partial charge in [0.05, 0.1) is 0 Å². The second-order valence-corrected chi connectivity index (χ2v) is 2.69. The van der Waals surface area contributed by atoms with Crippen LogP contribution in [0.1, 0.15) is 0 Å². The summed E-state index contributed by atoms with van der Waals surface area (Å²) in [5, 5.41) is 0. The van der Waals surface area contributed by atoms with E-state index >= 15 is 0 Å². The molecular formula is H8NaO10S2. The van der Waals surface area contributed by atoms with Crippen molar-refractivity contribution in [2.24, 2.45) is 0 Å². The largest absolute Gasteiger partial charge is 0.412 e. The fourth-order valence-corrected chi connectivity index (χ4v) is 0. The molecule has 0 atom stereocenters. The Balaban J connectivity index is -0.0000000267. The molecule has 0 saturated heterocycles. The van der Waals surface area contributed by atoms with Gasteiger partial charge in [-0.2, -0.15) is 16.8 Å². The average Bonchev–Trinajstić information content (AvgIpc) is 1.12. The van der Waals surface area contributed by atoms with Gasteiger partial charge < -0.3 is 11.0 Å². The van der Waals surface area contributed by atoms with Gasteiger partial charge >= 0.3 is 20.8 Å². The van der Waals surface area contributed by atoms with Crippen molar-refractivity contribution in [2.75, 3.05) is 0 Å². The Morgan fingerprint density at radius 3 is 0.615 bits per heavy atom. The first-order valence-electron chi connectivity index (χ1n) is 1.40. The van der Waals surface area contributed by atoms with Crippen LogP contribution in [0.25, 0.3) is 0 Å². The van der Waals surface area contributed by atoms with E-state index in [0.29, 0.717) is 0 Å². The zero-order chi connectivity index (χ0) is 9.00. The Kier molecular flexibility index (Phi) is 24.1. The van der Waals surface area contributed by atoms with Gasteiger partial charge in [-0.25, -0.2) is 0 Å². The van der Waals surface area contributed by atoms with Gasteiger partial charge in [-0.3, -0.25) is 18.2 Å². The normalized spacial score (nSPS) is 8.92. The van der Waals surface area contributed by atoms with Crippen molar-refractivity contribution in [1.82, 2.24) is 0 Å². The Morgan fingerprint density at radius 1 is 0.615 bits per heavy atom. The van der Waals surface area contributed by atoms with Gasteiger partial charge in [-0.1, -0.05) is 0 Å². The van der Waals surface area contributed by atoms with Crippen LogP contribution in [0.2, 0.25) is 0 Å². The molecule has 0 aliphatic carbocycles. The molecule has 0 bridgehead atoms. The summed E-state index contributed by atoms with van der Waals surface area (Å²) in [5.41, 5.74) is 0. The predicted molar refractivity (Wildman–Crippen MR) is 41.3 cm³/mol. The van der Waals surface area contributed by atoms with Crippen LogP contribution in [-0.2, 0) is 20.8 Å². The zero-order valence-electron chi connectivity index (χ0n) is 6.24. The van der Waals surface area contributed by atoms with Gasteiger partial charge in [-0.05, 0) is 0 Å². The maximum atomic E-state index is 8.74. The molecule has 0 aromatic heterocycles. The second kappa shape index (κ2) is 10.7. The third-order valence-corrected chi connectivity index (χ3v) is 0. The third-order valence-electron chi connectivity index (χ3n) is 0. The molecule has 0 spiro atoms. The van der Waals surface area contributed by atoms with Crippen molar-refractivity contribution in [1.29, 1.82) is 0 Å². The molecule has 13 heteroatoms. The summed E-state index contributed by atoms with van der Waals surface area (Å²) >= 11 is 0. The van der Waals surface area contributed by atoms with Gasteiger partial charge in [0.15, 0.2) is 0 Å². The van der Waals surface area contributed by atoms with Crippen molar-refractivity contribution in [3.05, 3.63) is 0 Å². The van der Waals surface area contributed by atoms with Crippen LogP contribution in [0, 0.1) is 0 Å². The third kappa shape index (κ3) is 3300. The number of rotatable bonds is 0. The molecule has 0 saturated carbocycles. The van der Waals surface area contributed by atoms with E-state index in [1.165, 1.54) is 0 Å². The summed E-state index contributed by atoms with van der Waals surface area (Å²) in [7, 11) is -9.33. The molecule has 1 radical (unpaired) electrons. The first kappa shape index (κ1) is 29.2. The maximum absolute atomic E-state index is 8.74. The minimum Gasteiger partial charge on any atom is -0.412 e. The number of hydrogen-bond donors (Lipinski definition) is 4. The van der Waals surface area contributed by atoms with Crippen molar-refractivity contribution >= 4 is 50.4 Å². The first-order valence-corrected chi connectivity index (χ1v) is 4.19. The molecule has 8 N–H and O–H groups in total. The van der Waals surface area contributed by atoms with Gasteiger partial charge in [0, 0.05) is 29.6 Å². The molecule has 0 aromatic carbocycles.